The fourth-order valence-corrected chi connectivity index (χ4v) is 5.92. The fourth-order valence-electron chi connectivity index (χ4n) is 5.92. The van der Waals surface area contributed by atoms with Gasteiger partial charge in [0.2, 0.25) is 0 Å². The predicted molar refractivity (Wildman–Crippen MR) is 87.0 cm³/mol. The van der Waals surface area contributed by atoms with Crippen molar-refractivity contribution in [3.8, 4) is 0 Å². The number of hydrogen-bond acceptors (Lipinski definition) is 2. The van der Waals surface area contributed by atoms with Crippen LogP contribution in [-0.2, 0) is 16.6 Å². The largest absolute Gasteiger partial charge is 0.300 e. The Bertz CT molecular complexity index is 647. The molecule has 4 aliphatic rings. The number of Topliss-reactive ketones (excluding diaryl/α,β-unsaturated/α-hetero) is 1. The predicted octanol–water partition coefficient (Wildman–Crippen LogP) is 3.39. The summed E-state index contributed by atoms with van der Waals surface area (Å²) in [6, 6.07) is 8.37. The molecule has 0 amide bonds. The van der Waals surface area contributed by atoms with Crippen molar-refractivity contribution < 1.29 is 4.79 Å². The van der Waals surface area contributed by atoms with Gasteiger partial charge < -0.3 is 0 Å². The topological polar surface area (TPSA) is 20.3 Å². The highest BCUT2D eigenvalue weighted by Gasteiger charge is 2.57. The van der Waals surface area contributed by atoms with Gasteiger partial charge >= 0.3 is 0 Å². The molecule has 1 aromatic carbocycles. The Balaban J connectivity index is 1.68. The van der Waals surface area contributed by atoms with E-state index in [1.54, 1.807) is 5.56 Å². The van der Waals surface area contributed by atoms with Gasteiger partial charge in [-0.05, 0) is 68.2 Å². The maximum absolute atomic E-state index is 12.3. The summed E-state index contributed by atoms with van der Waals surface area (Å²) in [5.41, 5.74) is 4.72. The Hall–Kier alpha value is -1.15. The van der Waals surface area contributed by atoms with Gasteiger partial charge in [0.1, 0.15) is 5.78 Å². The van der Waals surface area contributed by atoms with Crippen LogP contribution in [0.1, 0.15) is 55.2 Å². The van der Waals surface area contributed by atoms with E-state index in [1.165, 1.54) is 43.4 Å². The second kappa shape index (κ2) is 4.44. The molecule has 2 saturated carbocycles. The number of fused-ring (bicyclic) bond motifs is 1. The van der Waals surface area contributed by atoms with Crippen LogP contribution in [0.25, 0.3) is 0 Å². The van der Waals surface area contributed by atoms with Crippen LogP contribution in [-0.4, -0.2) is 29.3 Å². The third-order valence-electron chi connectivity index (χ3n) is 7.04. The Kier molecular flexibility index (Phi) is 2.69. The third-order valence-corrected chi connectivity index (χ3v) is 7.04. The standard InChI is InChI=1S/C20H25NO/c1-13-3-2-4-17-16(13)11-19-18-8-7-15(22)12-20(17,18)9-10-21(19)14-5-6-14/h2-4,14,18-19H,5-12H2,1H3/t18-,19+,20+/m0/s1. The molecule has 116 valence electrons. The molecule has 3 atom stereocenters. The lowest BCUT2D eigenvalue weighted by atomic mass is 9.52. The maximum Gasteiger partial charge on any atom is 0.133 e. The van der Waals surface area contributed by atoms with Crippen molar-refractivity contribution in [3.05, 3.63) is 34.9 Å². The van der Waals surface area contributed by atoms with Crippen molar-refractivity contribution >= 4 is 5.78 Å². The van der Waals surface area contributed by atoms with Crippen molar-refractivity contribution in [3.63, 3.8) is 0 Å². The van der Waals surface area contributed by atoms with Crippen LogP contribution in [0.3, 0.4) is 0 Å². The number of ketones is 1. The van der Waals surface area contributed by atoms with Crippen LogP contribution >= 0.6 is 0 Å². The summed E-state index contributed by atoms with van der Waals surface area (Å²) < 4.78 is 0. The maximum atomic E-state index is 12.3. The van der Waals surface area contributed by atoms with Gasteiger partial charge in [-0.2, -0.15) is 0 Å². The molecule has 0 unspecified atom stereocenters. The molecular weight excluding hydrogens is 270 g/mol. The molecule has 1 aromatic rings. The summed E-state index contributed by atoms with van der Waals surface area (Å²) in [4.78, 5) is 15.1. The molecule has 0 N–H and O–H groups in total. The number of benzene rings is 1. The van der Waals surface area contributed by atoms with Crippen LogP contribution in [0.5, 0.6) is 0 Å². The van der Waals surface area contributed by atoms with Gasteiger partial charge in [0.25, 0.3) is 0 Å². The molecule has 0 spiro atoms. The molecule has 0 radical (unpaired) electrons. The number of nitrogens with zero attached hydrogens (tertiary/aromatic N) is 1. The molecule has 3 fully saturated rings. The SMILES string of the molecule is Cc1cccc2c1C[C@@H]1[C@@H]3CCC(=O)C[C@]23CCN1C1CC1. The minimum Gasteiger partial charge on any atom is -0.300 e. The zero-order valence-electron chi connectivity index (χ0n) is 13.5. The van der Waals surface area contributed by atoms with E-state index in [-0.39, 0.29) is 5.41 Å². The normalized spacial score (nSPS) is 37.6. The molecular formula is C20H25NO. The number of carbonyl (C=O) groups is 1. The van der Waals surface area contributed by atoms with Gasteiger partial charge in [0.05, 0.1) is 0 Å². The van der Waals surface area contributed by atoms with E-state index in [4.69, 9.17) is 0 Å². The molecule has 5 rings (SSSR count). The molecule has 2 heteroatoms. The quantitative estimate of drug-likeness (QED) is 0.791. The Labute approximate surface area is 132 Å². The first-order valence-corrected chi connectivity index (χ1v) is 9.05. The van der Waals surface area contributed by atoms with Crippen molar-refractivity contribution in [2.75, 3.05) is 6.54 Å². The number of hydrogen-bond donors (Lipinski definition) is 0. The average Bonchev–Trinajstić information content (AvgIpc) is 3.32. The van der Waals surface area contributed by atoms with Crippen LogP contribution in [0.4, 0.5) is 0 Å². The molecule has 1 aliphatic heterocycles. The molecule has 22 heavy (non-hydrogen) atoms. The number of rotatable bonds is 1. The Morgan fingerprint density at radius 2 is 2.09 bits per heavy atom. The monoisotopic (exact) mass is 295 g/mol. The Morgan fingerprint density at radius 1 is 1.23 bits per heavy atom. The van der Waals surface area contributed by atoms with Crippen LogP contribution in [0, 0.1) is 12.8 Å². The molecule has 2 nitrogen and oxygen atoms in total. The minimum absolute atomic E-state index is 0.172. The van der Waals surface area contributed by atoms with Crippen LogP contribution in [0.2, 0.25) is 0 Å². The van der Waals surface area contributed by atoms with Crippen molar-refractivity contribution in [2.24, 2.45) is 5.92 Å². The van der Waals surface area contributed by atoms with Gasteiger partial charge in [0.15, 0.2) is 0 Å². The summed E-state index contributed by atoms with van der Waals surface area (Å²) in [5.74, 6) is 1.22. The summed E-state index contributed by atoms with van der Waals surface area (Å²) in [5, 5.41) is 0. The van der Waals surface area contributed by atoms with E-state index in [9.17, 15) is 4.79 Å². The van der Waals surface area contributed by atoms with E-state index in [0.29, 0.717) is 17.7 Å². The van der Waals surface area contributed by atoms with Gasteiger partial charge in [0, 0.05) is 30.3 Å². The van der Waals surface area contributed by atoms with Crippen molar-refractivity contribution in [1.82, 2.24) is 4.90 Å². The van der Waals surface area contributed by atoms with Crippen LogP contribution in [0.15, 0.2) is 18.2 Å². The summed E-state index contributed by atoms with van der Waals surface area (Å²) >= 11 is 0. The number of likely N-dealkylation sites (tertiary alicyclic amines) is 1. The lowest BCUT2D eigenvalue weighted by Crippen LogP contribution is -2.62. The molecule has 0 aromatic heterocycles. The first kappa shape index (κ1) is 13.3. The highest BCUT2D eigenvalue weighted by atomic mass is 16.1. The van der Waals surface area contributed by atoms with E-state index < -0.39 is 0 Å². The molecule has 1 heterocycles. The van der Waals surface area contributed by atoms with Gasteiger partial charge in [-0.15, -0.1) is 0 Å². The summed E-state index contributed by atoms with van der Waals surface area (Å²) in [7, 11) is 0. The summed E-state index contributed by atoms with van der Waals surface area (Å²) in [6.07, 6.45) is 7.98. The van der Waals surface area contributed by atoms with Crippen LogP contribution < -0.4 is 0 Å². The van der Waals surface area contributed by atoms with E-state index >= 15 is 0 Å². The molecule has 1 saturated heterocycles. The zero-order valence-corrected chi connectivity index (χ0v) is 13.5. The Morgan fingerprint density at radius 3 is 2.91 bits per heavy atom. The number of piperidine rings is 1. The first-order chi connectivity index (χ1) is 10.7. The molecule has 3 aliphatic carbocycles. The van der Waals surface area contributed by atoms with Crippen molar-refractivity contribution in [1.29, 1.82) is 0 Å². The van der Waals surface area contributed by atoms with E-state index in [0.717, 1.165) is 25.3 Å². The van der Waals surface area contributed by atoms with E-state index in [2.05, 4.69) is 30.0 Å². The minimum atomic E-state index is 0.172. The van der Waals surface area contributed by atoms with Gasteiger partial charge in [-0.3, -0.25) is 9.69 Å². The second-order valence-corrected chi connectivity index (χ2v) is 8.11. The number of carbonyl (C=O) groups excluding carboxylic acids is 1. The molecule has 2 bridgehead atoms. The highest BCUT2D eigenvalue weighted by molar-refractivity contribution is 5.81. The van der Waals surface area contributed by atoms with Crippen molar-refractivity contribution in [2.45, 2.75) is 69.4 Å². The lowest BCUT2D eigenvalue weighted by Gasteiger charge is -2.59. The fraction of sp³-hybridized carbons (Fsp3) is 0.650. The number of aryl methyl sites for hydroxylation is 1. The summed E-state index contributed by atoms with van der Waals surface area (Å²) in [6.45, 7) is 3.48. The third kappa shape index (κ3) is 1.68. The highest BCUT2D eigenvalue weighted by Crippen LogP contribution is 2.56. The van der Waals surface area contributed by atoms with Gasteiger partial charge in [-0.1, -0.05) is 18.2 Å². The smallest absolute Gasteiger partial charge is 0.133 e. The first-order valence-electron chi connectivity index (χ1n) is 9.05. The zero-order chi connectivity index (χ0) is 14.9. The average molecular weight is 295 g/mol. The van der Waals surface area contributed by atoms with Gasteiger partial charge in [-0.25, -0.2) is 0 Å². The lowest BCUT2D eigenvalue weighted by molar-refractivity contribution is -0.127. The second-order valence-electron chi connectivity index (χ2n) is 8.11. The van der Waals surface area contributed by atoms with E-state index in [1.807, 2.05) is 0 Å².